The van der Waals surface area contributed by atoms with Gasteiger partial charge in [-0.15, -0.1) is 0 Å². The average Bonchev–Trinajstić information content (AvgIpc) is 2.48. The number of amides is 1. The molecule has 2 aromatic rings. The third-order valence-corrected chi connectivity index (χ3v) is 2.92. The molecule has 0 bridgehead atoms. The van der Waals surface area contributed by atoms with E-state index in [4.69, 9.17) is 0 Å². The summed E-state index contributed by atoms with van der Waals surface area (Å²) < 4.78 is 0. The van der Waals surface area contributed by atoms with Gasteiger partial charge in [0.05, 0.1) is 0 Å². The Kier molecular flexibility index (Phi) is 4.70. The van der Waals surface area contributed by atoms with Gasteiger partial charge in [-0.05, 0) is 17.5 Å². The molecule has 0 saturated heterocycles. The standard InChI is InChI=1S/C16H17NO2/c18-15(14-9-5-2-6-10-14)16(19)17-12-11-13-7-3-1-4-8-13/h1-10,15,18H,11-12H2,(H,17,19)/t15-/m0/s1. The van der Waals surface area contributed by atoms with E-state index in [9.17, 15) is 9.90 Å². The molecule has 98 valence electrons. The van der Waals surface area contributed by atoms with Crippen molar-refractivity contribution in [3.8, 4) is 0 Å². The van der Waals surface area contributed by atoms with Crippen LogP contribution in [0.3, 0.4) is 0 Å². The molecule has 2 rings (SSSR count). The molecule has 0 aromatic heterocycles. The summed E-state index contributed by atoms with van der Waals surface area (Å²) in [7, 11) is 0. The summed E-state index contributed by atoms with van der Waals surface area (Å²) in [5, 5.41) is 12.6. The van der Waals surface area contributed by atoms with Crippen LogP contribution in [-0.2, 0) is 11.2 Å². The molecule has 0 spiro atoms. The van der Waals surface area contributed by atoms with Gasteiger partial charge in [-0.3, -0.25) is 4.79 Å². The number of carbonyl (C=O) groups is 1. The zero-order chi connectivity index (χ0) is 13.5. The van der Waals surface area contributed by atoms with Crippen molar-refractivity contribution in [3.63, 3.8) is 0 Å². The number of benzene rings is 2. The van der Waals surface area contributed by atoms with Crippen LogP contribution in [0.25, 0.3) is 0 Å². The molecule has 1 amide bonds. The lowest BCUT2D eigenvalue weighted by Crippen LogP contribution is -2.30. The average molecular weight is 255 g/mol. The molecular weight excluding hydrogens is 238 g/mol. The number of aliphatic hydroxyl groups is 1. The van der Waals surface area contributed by atoms with Gasteiger partial charge in [0.2, 0.25) is 0 Å². The van der Waals surface area contributed by atoms with Crippen molar-refractivity contribution < 1.29 is 9.90 Å². The topological polar surface area (TPSA) is 49.3 Å². The molecule has 3 nitrogen and oxygen atoms in total. The zero-order valence-corrected chi connectivity index (χ0v) is 10.6. The van der Waals surface area contributed by atoms with Gasteiger partial charge in [-0.1, -0.05) is 60.7 Å². The first kappa shape index (κ1) is 13.3. The van der Waals surface area contributed by atoms with Gasteiger partial charge in [0.25, 0.3) is 5.91 Å². The van der Waals surface area contributed by atoms with Crippen LogP contribution < -0.4 is 5.32 Å². The van der Waals surface area contributed by atoms with Gasteiger partial charge in [-0.2, -0.15) is 0 Å². The van der Waals surface area contributed by atoms with Gasteiger partial charge in [-0.25, -0.2) is 0 Å². The number of hydrogen-bond donors (Lipinski definition) is 2. The maximum Gasteiger partial charge on any atom is 0.253 e. The van der Waals surface area contributed by atoms with E-state index >= 15 is 0 Å². The van der Waals surface area contributed by atoms with Crippen molar-refractivity contribution in [2.24, 2.45) is 0 Å². The quantitative estimate of drug-likeness (QED) is 0.859. The highest BCUT2D eigenvalue weighted by Gasteiger charge is 2.15. The molecule has 2 aromatic carbocycles. The first-order valence-corrected chi connectivity index (χ1v) is 6.32. The third-order valence-electron chi connectivity index (χ3n) is 2.92. The third kappa shape index (κ3) is 3.93. The molecule has 0 heterocycles. The number of hydrogen-bond acceptors (Lipinski definition) is 2. The second kappa shape index (κ2) is 6.71. The monoisotopic (exact) mass is 255 g/mol. The molecular formula is C16H17NO2. The molecule has 2 N–H and O–H groups in total. The second-order valence-electron chi connectivity index (χ2n) is 4.34. The molecule has 0 fully saturated rings. The summed E-state index contributed by atoms with van der Waals surface area (Å²) in [4.78, 5) is 11.8. The number of carbonyl (C=O) groups excluding carboxylic acids is 1. The van der Waals surface area contributed by atoms with E-state index in [2.05, 4.69) is 5.32 Å². The predicted octanol–water partition coefficient (Wildman–Crippen LogP) is 2.08. The van der Waals surface area contributed by atoms with Gasteiger partial charge in [0.1, 0.15) is 0 Å². The largest absolute Gasteiger partial charge is 0.378 e. The molecule has 1 atom stereocenters. The van der Waals surface area contributed by atoms with Crippen molar-refractivity contribution in [3.05, 3.63) is 71.8 Å². The number of rotatable bonds is 5. The zero-order valence-electron chi connectivity index (χ0n) is 10.6. The summed E-state index contributed by atoms with van der Waals surface area (Å²) in [5.74, 6) is -0.359. The fraction of sp³-hybridized carbons (Fsp3) is 0.188. The van der Waals surface area contributed by atoms with Crippen LogP contribution in [0.5, 0.6) is 0 Å². The van der Waals surface area contributed by atoms with Crippen molar-refractivity contribution in [1.29, 1.82) is 0 Å². The van der Waals surface area contributed by atoms with E-state index in [0.29, 0.717) is 12.1 Å². The Morgan fingerprint density at radius 2 is 1.58 bits per heavy atom. The van der Waals surface area contributed by atoms with Crippen LogP contribution in [0.4, 0.5) is 0 Å². The number of aliphatic hydroxyl groups excluding tert-OH is 1. The highest BCUT2D eigenvalue weighted by Crippen LogP contribution is 2.11. The number of nitrogens with one attached hydrogen (secondary N) is 1. The van der Waals surface area contributed by atoms with Crippen LogP contribution in [-0.4, -0.2) is 17.6 Å². The smallest absolute Gasteiger partial charge is 0.253 e. The van der Waals surface area contributed by atoms with Crippen molar-refractivity contribution in [2.75, 3.05) is 6.54 Å². The molecule has 0 radical (unpaired) electrons. The lowest BCUT2D eigenvalue weighted by molar-refractivity contribution is -0.129. The minimum Gasteiger partial charge on any atom is -0.378 e. The Morgan fingerprint density at radius 3 is 2.21 bits per heavy atom. The molecule has 19 heavy (non-hydrogen) atoms. The normalized spacial score (nSPS) is 11.8. The van der Waals surface area contributed by atoms with Gasteiger partial charge < -0.3 is 10.4 Å². The first-order chi connectivity index (χ1) is 9.27. The maximum atomic E-state index is 11.8. The van der Waals surface area contributed by atoms with Gasteiger partial charge in [0, 0.05) is 6.54 Å². The van der Waals surface area contributed by atoms with Crippen LogP contribution in [0, 0.1) is 0 Å². The van der Waals surface area contributed by atoms with Crippen LogP contribution >= 0.6 is 0 Å². The molecule has 0 unspecified atom stereocenters. The lowest BCUT2D eigenvalue weighted by atomic mass is 10.1. The molecule has 0 aliphatic heterocycles. The maximum absolute atomic E-state index is 11.8. The Morgan fingerprint density at radius 1 is 1.00 bits per heavy atom. The second-order valence-corrected chi connectivity index (χ2v) is 4.34. The Balaban J connectivity index is 1.82. The minimum atomic E-state index is -1.10. The SMILES string of the molecule is O=C(NCCc1ccccc1)[C@@H](O)c1ccccc1. The van der Waals surface area contributed by atoms with Crippen molar-refractivity contribution in [1.82, 2.24) is 5.32 Å². The van der Waals surface area contributed by atoms with E-state index in [-0.39, 0.29) is 5.91 Å². The van der Waals surface area contributed by atoms with E-state index in [1.807, 2.05) is 36.4 Å². The van der Waals surface area contributed by atoms with Gasteiger partial charge >= 0.3 is 0 Å². The summed E-state index contributed by atoms with van der Waals surface area (Å²) in [6.07, 6.45) is -0.342. The molecule has 0 aliphatic carbocycles. The highest BCUT2D eigenvalue weighted by molar-refractivity contribution is 5.81. The Bertz CT molecular complexity index is 511. The first-order valence-electron chi connectivity index (χ1n) is 6.32. The summed E-state index contributed by atoms with van der Waals surface area (Å²) in [5.41, 5.74) is 1.77. The Labute approximate surface area is 112 Å². The minimum absolute atomic E-state index is 0.359. The van der Waals surface area contributed by atoms with E-state index in [0.717, 1.165) is 12.0 Å². The molecule has 0 saturated carbocycles. The highest BCUT2D eigenvalue weighted by atomic mass is 16.3. The fourth-order valence-electron chi connectivity index (χ4n) is 1.86. The molecule has 3 heteroatoms. The fourth-order valence-corrected chi connectivity index (χ4v) is 1.86. The van der Waals surface area contributed by atoms with E-state index in [1.54, 1.807) is 24.3 Å². The predicted molar refractivity (Wildman–Crippen MR) is 74.6 cm³/mol. The summed E-state index contributed by atoms with van der Waals surface area (Å²) in [6, 6.07) is 18.9. The van der Waals surface area contributed by atoms with Gasteiger partial charge in [0.15, 0.2) is 6.10 Å². The molecule has 0 aliphatic rings. The summed E-state index contributed by atoms with van der Waals surface area (Å²) >= 11 is 0. The van der Waals surface area contributed by atoms with Crippen LogP contribution in [0.1, 0.15) is 17.2 Å². The van der Waals surface area contributed by atoms with Crippen molar-refractivity contribution in [2.45, 2.75) is 12.5 Å². The Hall–Kier alpha value is -2.13. The van der Waals surface area contributed by atoms with Crippen LogP contribution in [0.2, 0.25) is 0 Å². The van der Waals surface area contributed by atoms with Crippen molar-refractivity contribution >= 4 is 5.91 Å². The van der Waals surface area contributed by atoms with E-state index in [1.165, 1.54) is 0 Å². The lowest BCUT2D eigenvalue weighted by Gasteiger charge is -2.11. The van der Waals surface area contributed by atoms with Crippen LogP contribution in [0.15, 0.2) is 60.7 Å². The van der Waals surface area contributed by atoms with E-state index < -0.39 is 6.10 Å². The summed E-state index contributed by atoms with van der Waals surface area (Å²) in [6.45, 7) is 0.521.